The number of piperazine rings is 1. The number of carbonyl (C=O) groups excluding carboxylic acids is 2. The Kier molecular flexibility index (Phi) is 3.59. The minimum absolute atomic E-state index is 0.0250. The molecule has 102 valence electrons. The third-order valence-corrected chi connectivity index (χ3v) is 4.33. The second-order valence-electron chi connectivity index (χ2n) is 5.21. The number of amides is 2. The molecule has 18 heavy (non-hydrogen) atoms. The SMILES string of the molecule is CCC1(CC)C(=O)NC(C2CC2)C(=O)N1CCF. The number of alkyl halides is 1. The summed E-state index contributed by atoms with van der Waals surface area (Å²) in [6.07, 6.45) is 3.01. The number of rotatable bonds is 5. The van der Waals surface area contributed by atoms with E-state index < -0.39 is 18.3 Å². The fraction of sp³-hybridized carbons (Fsp3) is 0.846. The fourth-order valence-corrected chi connectivity index (χ4v) is 2.95. The Bertz CT molecular complexity index is 351. The Morgan fingerprint density at radius 1 is 1.33 bits per heavy atom. The van der Waals surface area contributed by atoms with Crippen LogP contribution in [0.25, 0.3) is 0 Å². The number of carbonyl (C=O) groups is 2. The molecule has 2 aliphatic rings. The molecule has 2 fully saturated rings. The summed E-state index contributed by atoms with van der Waals surface area (Å²) in [6.45, 7) is 3.17. The summed E-state index contributed by atoms with van der Waals surface area (Å²) in [4.78, 5) is 26.2. The van der Waals surface area contributed by atoms with Crippen molar-refractivity contribution in [1.82, 2.24) is 10.2 Å². The van der Waals surface area contributed by atoms with Crippen LogP contribution in [0.4, 0.5) is 4.39 Å². The van der Waals surface area contributed by atoms with Crippen molar-refractivity contribution in [1.29, 1.82) is 0 Å². The summed E-state index contributed by atoms with van der Waals surface area (Å²) < 4.78 is 12.7. The Labute approximate surface area is 107 Å². The van der Waals surface area contributed by atoms with E-state index in [0.29, 0.717) is 12.8 Å². The zero-order valence-electron chi connectivity index (χ0n) is 11.0. The molecule has 1 saturated heterocycles. The van der Waals surface area contributed by atoms with Crippen LogP contribution in [0.2, 0.25) is 0 Å². The Morgan fingerprint density at radius 2 is 1.94 bits per heavy atom. The maximum absolute atomic E-state index is 12.7. The van der Waals surface area contributed by atoms with Gasteiger partial charge in [-0.2, -0.15) is 0 Å². The molecular formula is C13H21FN2O2. The number of hydrogen-bond donors (Lipinski definition) is 1. The van der Waals surface area contributed by atoms with Crippen molar-refractivity contribution >= 4 is 11.8 Å². The molecule has 5 heteroatoms. The molecule has 4 nitrogen and oxygen atoms in total. The number of halogens is 1. The van der Waals surface area contributed by atoms with Crippen LogP contribution in [-0.2, 0) is 9.59 Å². The van der Waals surface area contributed by atoms with Crippen LogP contribution < -0.4 is 5.32 Å². The quantitative estimate of drug-likeness (QED) is 0.805. The topological polar surface area (TPSA) is 49.4 Å². The van der Waals surface area contributed by atoms with Gasteiger partial charge in [-0.25, -0.2) is 4.39 Å². The first-order valence-corrected chi connectivity index (χ1v) is 6.79. The van der Waals surface area contributed by atoms with E-state index in [0.717, 1.165) is 12.8 Å². The molecular weight excluding hydrogens is 235 g/mol. The van der Waals surface area contributed by atoms with E-state index in [9.17, 15) is 14.0 Å². The van der Waals surface area contributed by atoms with Gasteiger partial charge >= 0.3 is 0 Å². The van der Waals surface area contributed by atoms with E-state index in [1.807, 2.05) is 13.8 Å². The highest BCUT2D eigenvalue weighted by Crippen LogP contribution is 2.38. The van der Waals surface area contributed by atoms with Gasteiger partial charge in [-0.3, -0.25) is 9.59 Å². The number of hydrogen-bond acceptors (Lipinski definition) is 2. The lowest BCUT2D eigenvalue weighted by atomic mass is 9.85. The van der Waals surface area contributed by atoms with Crippen molar-refractivity contribution in [3.05, 3.63) is 0 Å². The van der Waals surface area contributed by atoms with Crippen molar-refractivity contribution in [2.45, 2.75) is 51.1 Å². The molecule has 1 aliphatic heterocycles. The minimum atomic E-state index is -0.853. The van der Waals surface area contributed by atoms with Crippen molar-refractivity contribution in [3.8, 4) is 0 Å². The molecule has 1 heterocycles. The van der Waals surface area contributed by atoms with Crippen LogP contribution in [-0.4, -0.2) is 41.5 Å². The maximum atomic E-state index is 12.7. The maximum Gasteiger partial charge on any atom is 0.246 e. The predicted molar refractivity (Wildman–Crippen MR) is 65.7 cm³/mol. The van der Waals surface area contributed by atoms with E-state index in [1.54, 1.807) is 0 Å². The van der Waals surface area contributed by atoms with Gasteiger partial charge in [-0.05, 0) is 31.6 Å². The van der Waals surface area contributed by atoms with Crippen molar-refractivity contribution in [2.24, 2.45) is 5.92 Å². The van der Waals surface area contributed by atoms with E-state index in [1.165, 1.54) is 4.90 Å². The Balaban J connectivity index is 2.29. The molecule has 0 aromatic heterocycles. The third-order valence-electron chi connectivity index (χ3n) is 4.33. The van der Waals surface area contributed by atoms with Gasteiger partial charge in [0.25, 0.3) is 0 Å². The highest BCUT2D eigenvalue weighted by molar-refractivity contribution is 6.00. The van der Waals surface area contributed by atoms with E-state index >= 15 is 0 Å². The van der Waals surface area contributed by atoms with Gasteiger partial charge in [0.05, 0.1) is 6.54 Å². The molecule has 1 aliphatic carbocycles. The molecule has 0 aromatic rings. The van der Waals surface area contributed by atoms with Gasteiger partial charge in [0.2, 0.25) is 11.8 Å². The van der Waals surface area contributed by atoms with Crippen LogP contribution in [0.3, 0.4) is 0 Å². The molecule has 0 spiro atoms. The van der Waals surface area contributed by atoms with Crippen LogP contribution in [0, 0.1) is 5.92 Å². The first-order chi connectivity index (χ1) is 8.60. The fourth-order valence-electron chi connectivity index (χ4n) is 2.95. The molecule has 0 aromatic carbocycles. The normalized spacial score (nSPS) is 27.3. The predicted octanol–water partition coefficient (Wildman–Crippen LogP) is 1.25. The van der Waals surface area contributed by atoms with Gasteiger partial charge in [-0.1, -0.05) is 13.8 Å². The molecule has 2 rings (SSSR count). The second-order valence-corrected chi connectivity index (χ2v) is 5.21. The Morgan fingerprint density at radius 3 is 2.39 bits per heavy atom. The lowest BCUT2D eigenvalue weighted by molar-refractivity contribution is -0.159. The summed E-state index contributed by atoms with van der Waals surface area (Å²) in [5.74, 6) is 0.0474. The summed E-state index contributed by atoms with van der Waals surface area (Å²) in [5.41, 5.74) is -0.853. The van der Waals surface area contributed by atoms with Gasteiger partial charge in [0, 0.05) is 0 Å². The molecule has 1 N–H and O–H groups in total. The van der Waals surface area contributed by atoms with Crippen LogP contribution >= 0.6 is 0 Å². The summed E-state index contributed by atoms with van der Waals surface area (Å²) in [5, 5.41) is 2.86. The molecule has 0 bridgehead atoms. The van der Waals surface area contributed by atoms with Crippen molar-refractivity contribution in [2.75, 3.05) is 13.2 Å². The van der Waals surface area contributed by atoms with E-state index in [2.05, 4.69) is 5.32 Å². The van der Waals surface area contributed by atoms with Crippen LogP contribution in [0.5, 0.6) is 0 Å². The summed E-state index contributed by atoms with van der Waals surface area (Å²) >= 11 is 0. The molecule has 0 radical (unpaired) electrons. The zero-order valence-corrected chi connectivity index (χ0v) is 11.0. The highest BCUT2D eigenvalue weighted by atomic mass is 19.1. The van der Waals surface area contributed by atoms with Gasteiger partial charge < -0.3 is 10.2 Å². The van der Waals surface area contributed by atoms with Gasteiger partial charge in [0.1, 0.15) is 18.3 Å². The number of nitrogens with zero attached hydrogens (tertiary/aromatic N) is 1. The molecule has 2 amide bonds. The molecule has 1 unspecified atom stereocenters. The number of nitrogens with one attached hydrogen (secondary N) is 1. The standard InChI is InChI=1S/C13H21FN2O2/c1-3-13(4-2)12(18)15-10(9-5-6-9)11(17)16(13)8-7-14/h9-10H,3-8H2,1-2H3,(H,15,18). The average Bonchev–Trinajstić information content (AvgIpc) is 3.19. The lowest BCUT2D eigenvalue weighted by Gasteiger charge is -2.47. The first-order valence-electron chi connectivity index (χ1n) is 6.79. The van der Waals surface area contributed by atoms with Crippen molar-refractivity contribution < 1.29 is 14.0 Å². The van der Waals surface area contributed by atoms with Crippen LogP contribution in [0.15, 0.2) is 0 Å². The molecule has 1 saturated carbocycles. The first kappa shape index (κ1) is 13.3. The minimum Gasteiger partial charge on any atom is -0.342 e. The monoisotopic (exact) mass is 256 g/mol. The lowest BCUT2D eigenvalue weighted by Crippen LogP contribution is -2.71. The Hall–Kier alpha value is -1.13. The van der Waals surface area contributed by atoms with Gasteiger partial charge in [-0.15, -0.1) is 0 Å². The summed E-state index contributed by atoms with van der Waals surface area (Å²) in [6, 6.07) is -0.421. The molecule has 1 atom stereocenters. The van der Waals surface area contributed by atoms with Gasteiger partial charge in [0.15, 0.2) is 0 Å². The smallest absolute Gasteiger partial charge is 0.246 e. The highest BCUT2D eigenvalue weighted by Gasteiger charge is 2.53. The van der Waals surface area contributed by atoms with E-state index in [-0.39, 0.29) is 24.3 Å². The third kappa shape index (κ3) is 1.89. The van der Waals surface area contributed by atoms with Crippen LogP contribution in [0.1, 0.15) is 39.5 Å². The summed E-state index contributed by atoms with van der Waals surface area (Å²) in [7, 11) is 0. The zero-order chi connectivity index (χ0) is 13.3. The van der Waals surface area contributed by atoms with Crippen molar-refractivity contribution in [3.63, 3.8) is 0 Å². The average molecular weight is 256 g/mol. The second kappa shape index (κ2) is 4.86. The largest absolute Gasteiger partial charge is 0.342 e. The van der Waals surface area contributed by atoms with E-state index in [4.69, 9.17) is 0 Å².